The Labute approximate surface area is 134 Å². The van der Waals surface area contributed by atoms with Gasteiger partial charge in [0.1, 0.15) is 0 Å². The highest BCUT2D eigenvalue weighted by atomic mass is 32.1. The second-order valence-corrected chi connectivity index (χ2v) is 6.78. The van der Waals surface area contributed by atoms with Crippen molar-refractivity contribution in [1.82, 2.24) is 15.2 Å². The number of hydrogen-bond acceptors (Lipinski definition) is 5. The molecule has 0 radical (unpaired) electrons. The van der Waals surface area contributed by atoms with Crippen molar-refractivity contribution in [3.05, 3.63) is 39.7 Å². The lowest BCUT2D eigenvalue weighted by atomic mass is 10.1. The van der Waals surface area contributed by atoms with Gasteiger partial charge in [-0.25, -0.2) is 4.98 Å². The van der Waals surface area contributed by atoms with Crippen LogP contribution in [0.4, 0.5) is 0 Å². The maximum absolute atomic E-state index is 12.8. The van der Waals surface area contributed by atoms with Crippen molar-refractivity contribution in [2.24, 2.45) is 5.92 Å². The Hall–Kier alpha value is -1.66. The van der Waals surface area contributed by atoms with Gasteiger partial charge in [0.15, 0.2) is 5.76 Å². The van der Waals surface area contributed by atoms with Gasteiger partial charge in [-0.05, 0) is 45.3 Å². The number of amides is 1. The van der Waals surface area contributed by atoms with Gasteiger partial charge >= 0.3 is 0 Å². The highest BCUT2D eigenvalue weighted by Gasteiger charge is 2.26. The molecule has 0 spiro atoms. The van der Waals surface area contributed by atoms with Crippen LogP contribution < -0.4 is 5.32 Å². The molecule has 1 amide bonds. The molecule has 118 valence electrons. The van der Waals surface area contributed by atoms with Crippen LogP contribution in [-0.4, -0.2) is 35.4 Å². The van der Waals surface area contributed by atoms with Crippen LogP contribution in [0.5, 0.6) is 0 Å². The van der Waals surface area contributed by atoms with Crippen molar-refractivity contribution in [1.29, 1.82) is 0 Å². The minimum Gasteiger partial charge on any atom is -0.459 e. The molecule has 1 N–H and O–H groups in total. The third-order valence-corrected chi connectivity index (χ3v) is 5.08. The van der Waals surface area contributed by atoms with Gasteiger partial charge in [-0.1, -0.05) is 0 Å². The molecule has 22 heavy (non-hydrogen) atoms. The van der Waals surface area contributed by atoms with Gasteiger partial charge in [-0.3, -0.25) is 4.79 Å². The molecule has 1 atom stereocenters. The van der Waals surface area contributed by atoms with E-state index in [0.717, 1.165) is 42.2 Å². The van der Waals surface area contributed by atoms with Gasteiger partial charge in [0, 0.05) is 17.0 Å². The first-order valence-electron chi connectivity index (χ1n) is 7.58. The van der Waals surface area contributed by atoms with Crippen molar-refractivity contribution in [2.75, 3.05) is 19.6 Å². The SMILES string of the molecule is Cc1ccoc1C(=O)N(Cc1scnc1C)CC1CCNC1. The zero-order valence-corrected chi connectivity index (χ0v) is 13.8. The number of carbonyl (C=O) groups is 1. The summed E-state index contributed by atoms with van der Waals surface area (Å²) in [7, 11) is 0. The topological polar surface area (TPSA) is 58.4 Å². The Bertz CT molecular complexity index is 643. The van der Waals surface area contributed by atoms with Gasteiger partial charge in [-0.2, -0.15) is 0 Å². The maximum atomic E-state index is 12.8. The second kappa shape index (κ2) is 6.62. The van der Waals surface area contributed by atoms with Crippen LogP contribution in [0.25, 0.3) is 0 Å². The molecule has 0 saturated carbocycles. The molecule has 1 aliphatic rings. The molecule has 1 aliphatic heterocycles. The number of aromatic nitrogens is 1. The van der Waals surface area contributed by atoms with Gasteiger partial charge in [0.2, 0.25) is 0 Å². The second-order valence-electron chi connectivity index (χ2n) is 5.84. The highest BCUT2D eigenvalue weighted by Crippen LogP contribution is 2.21. The molecule has 5 nitrogen and oxygen atoms in total. The Morgan fingerprint density at radius 3 is 3.00 bits per heavy atom. The fourth-order valence-corrected chi connectivity index (χ4v) is 3.58. The number of hydrogen-bond donors (Lipinski definition) is 1. The Balaban J connectivity index is 1.80. The highest BCUT2D eigenvalue weighted by molar-refractivity contribution is 7.09. The summed E-state index contributed by atoms with van der Waals surface area (Å²) < 4.78 is 5.40. The third-order valence-electron chi connectivity index (χ3n) is 4.16. The van der Waals surface area contributed by atoms with E-state index in [9.17, 15) is 4.79 Å². The van der Waals surface area contributed by atoms with Crippen LogP contribution in [-0.2, 0) is 6.54 Å². The summed E-state index contributed by atoms with van der Waals surface area (Å²) in [6.07, 6.45) is 2.69. The average Bonchev–Trinajstić information content (AvgIpc) is 3.22. The molecule has 0 bridgehead atoms. The summed E-state index contributed by atoms with van der Waals surface area (Å²) >= 11 is 1.60. The molecular formula is C16H21N3O2S. The Kier molecular flexibility index (Phi) is 4.59. The summed E-state index contributed by atoms with van der Waals surface area (Å²) in [6.45, 7) is 7.26. The fraction of sp³-hybridized carbons (Fsp3) is 0.500. The lowest BCUT2D eigenvalue weighted by Crippen LogP contribution is -2.35. The molecule has 6 heteroatoms. The monoisotopic (exact) mass is 319 g/mol. The smallest absolute Gasteiger partial charge is 0.290 e. The van der Waals surface area contributed by atoms with E-state index < -0.39 is 0 Å². The van der Waals surface area contributed by atoms with E-state index in [1.54, 1.807) is 17.6 Å². The number of nitrogens with zero attached hydrogens (tertiary/aromatic N) is 2. The van der Waals surface area contributed by atoms with Crippen LogP contribution in [0.1, 0.15) is 33.1 Å². The van der Waals surface area contributed by atoms with Crippen LogP contribution in [0, 0.1) is 19.8 Å². The molecule has 2 aromatic heterocycles. The first-order valence-corrected chi connectivity index (χ1v) is 8.46. The van der Waals surface area contributed by atoms with E-state index >= 15 is 0 Å². The normalized spacial score (nSPS) is 17.8. The van der Waals surface area contributed by atoms with E-state index in [4.69, 9.17) is 4.42 Å². The van der Waals surface area contributed by atoms with Gasteiger partial charge in [0.05, 0.1) is 24.0 Å². The van der Waals surface area contributed by atoms with Crippen LogP contribution >= 0.6 is 11.3 Å². The summed E-state index contributed by atoms with van der Waals surface area (Å²) in [4.78, 5) is 20.2. The lowest BCUT2D eigenvalue weighted by Gasteiger charge is -2.24. The lowest BCUT2D eigenvalue weighted by molar-refractivity contribution is 0.0687. The van der Waals surface area contributed by atoms with E-state index in [0.29, 0.717) is 18.2 Å². The van der Waals surface area contributed by atoms with E-state index in [-0.39, 0.29) is 5.91 Å². The first-order chi connectivity index (χ1) is 10.6. The minimum absolute atomic E-state index is 0.0257. The van der Waals surface area contributed by atoms with E-state index in [1.807, 2.05) is 30.3 Å². The molecule has 3 heterocycles. The quantitative estimate of drug-likeness (QED) is 0.920. The van der Waals surface area contributed by atoms with Crippen molar-refractivity contribution in [3.63, 3.8) is 0 Å². The minimum atomic E-state index is -0.0257. The van der Waals surface area contributed by atoms with Crippen LogP contribution in [0.3, 0.4) is 0 Å². The largest absolute Gasteiger partial charge is 0.459 e. The van der Waals surface area contributed by atoms with Crippen molar-refractivity contribution < 1.29 is 9.21 Å². The maximum Gasteiger partial charge on any atom is 0.290 e. The number of carbonyl (C=O) groups excluding carboxylic acids is 1. The third kappa shape index (κ3) is 3.23. The number of rotatable bonds is 5. The number of nitrogens with one attached hydrogen (secondary N) is 1. The van der Waals surface area contributed by atoms with Crippen molar-refractivity contribution >= 4 is 17.2 Å². The number of thiazole rings is 1. The zero-order chi connectivity index (χ0) is 15.5. The standard InChI is InChI=1S/C16H21N3O2S/c1-11-4-6-21-15(11)16(20)19(8-13-3-5-17-7-13)9-14-12(2)18-10-22-14/h4,6,10,13,17H,3,5,7-9H2,1-2H3. The first kappa shape index (κ1) is 15.2. The van der Waals surface area contributed by atoms with Gasteiger partial charge in [-0.15, -0.1) is 11.3 Å². The molecule has 1 unspecified atom stereocenters. The zero-order valence-electron chi connectivity index (χ0n) is 13.0. The molecule has 1 saturated heterocycles. The predicted octanol–water partition coefficient (Wildman–Crippen LogP) is 2.60. The van der Waals surface area contributed by atoms with Gasteiger partial charge < -0.3 is 14.6 Å². The Morgan fingerprint density at radius 1 is 1.55 bits per heavy atom. The number of furan rings is 1. The van der Waals surface area contributed by atoms with E-state index in [1.165, 1.54) is 0 Å². The molecular weight excluding hydrogens is 298 g/mol. The molecule has 1 fully saturated rings. The van der Waals surface area contributed by atoms with Crippen molar-refractivity contribution in [3.8, 4) is 0 Å². The fourth-order valence-electron chi connectivity index (χ4n) is 2.79. The molecule has 2 aromatic rings. The van der Waals surface area contributed by atoms with Crippen LogP contribution in [0.2, 0.25) is 0 Å². The number of aryl methyl sites for hydroxylation is 2. The molecule has 3 rings (SSSR count). The predicted molar refractivity (Wildman–Crippen MR) is 86.0 cm³/mol. The average molecular weight is 319 g/mol. The summed E-state index contributed by atoms with van der Waals surface area (Å²) in [5.74, 6) is 0.933. The van der Waals surface area contributed by atoms with Crippen molar-refractivity contribution in [2.45, 2.75) is 26.8 Å². The summed E-state index contributed by atoms with van der Waals surface area (Å²) in [6, 6.07) is 1.83. The van der Waals surface area contributed by atoms with Crippen LogP contribution in [0.15, 0.2) is 22.3 Å². The molecule has 0 aromatic carbocycles. The van der Waals surface area contributed by atoms with Gasteiger partial charge in [0.25, 0.3) is 5.91 Å². The van der Waals surface area contributed by atoms with E-state index in [2.05, 4.69) is 10.3 Å². The Morgan fingerprint density at radius 2 is 2.41 bits per heavy atom. The molecule has 0 aliphatic carbocycles. The summed E-state index contributed by atoms with van der Waals surface area (Å²) in [5.41, 5.74) is 3.73. The summed E-state index contributed by atoms with van der Waals surface area (Å²) in [5, 5.41) is 3.36.